The van der Waals surface area contributed by atoms with Gasteiger partial charge in [0.05, 0.1) is 0 Å². The number of nitrogens with zero attached hydrogens (tertiary/aromatic N) is 1. The van der Waals surface area contributed by atoms with E-state index in [4.69, 9.17) is 5.73 Å². The second-order valence-electron chi connectivity index (χ2n) is 5.98. The van der Waals surface area contributed by atoms with Crippen LogP contribution in [0, 0.1) is 5.92 Å². The largest absolute Gasteiger partial charge is 0.340 e. The van der Waals surface area contributed by atoms with Gasteiger partial charge in [0.25, 0.3) is 0 Å². The Hall–Kier alpha value is -0.220. The fourth-order valence-electron chi connectivity index (χ4n) is 2.83. The van der Waals surface area contributed by atoms with Crippen molar-refractivity contribution >= 4 is 17.7 Å². The molecule has 2 aliphatic rings. The molecule has 0 aromatic carbocycles. The third-order valence-electron chi connectivity index (χ3n) is 3.86. The van der Waals surface area contributed by atoms with Gasteiger partial charge >= 0.3 is 0 Å². The first-order valence-corrected chi connectivity index (χ1v) is 7.65. The number of rotatable bonds is 1. The highest BCUT2D eigenvalue weighted by Gasteiger charge is 2.34. The molecule has 3 nitrogen and oxygen atoms in total. The van der Waals surface area contributed by atoms with Crippen LogP contribution in [0.3, 0.4) is 0 Å². The zero-order valence-corrected chi connectivity index (χ0v) is 11.8. The van der Waals surface area contributed by atoms with E-state index in [1.807, 2.05) is 11.8 Å². The summed E-state index contributed by atoms with van der Waals surface area (Å²) in [5.41, 5.74) is 5.89. The molecule has 1 heterocycles. The molecule has 0 unspecified atom stereocenters. The molecule has 98 valence electrons. The molecule has 1 saturated carbocycles. The Morgan fingerprint density at radius 2 is 1.94 bits per heavy atom. The van der Waals surface area contributed by atoms with E-state index in [2.05, 4.69) is 18.7 Å². The lowest BCUT2D eigenvalue weighted by Crippen LogP contribution is -2.49. The summed E-state index contributed by atoms with van der Waals surface area (Å²) in [4.78, 5) is 14.5. The predicted octanol–water partition coefficient (Wildman–Crippen LogP) is 1.86. The summed E-state index contributed by atoms with van der Waals surface area (Å²) < 4.78 is 0.221. The molecule has 1 saturated heterocycles. The van der Waals surface area contributed by atoms with Crippen LogP contribution in [0.5, 0.6) is 0 Å². The normalized spacial score (nSPS) is 33.5. The Bertz CT molecular complexity index is 285. The van der Waals surface area contributed by atoms with Crippen molar-refractivity contribution in [3.8, 4) is 0 Å². The van der Waals surface area contributed by atoms with Gasteiger partial charge in [-0.3, -0.25) is 4.79 Å². The maximum absolute atomic E-state index is 12.4. The number of thioether (sulfide) groups is 1. The van der Waals surface area contributed by atoms with Crippen LogP contribution in [0.25, 0.3) is 0 Å². The number of carbonyl (C=O) groups excluding carboxylic acids is 1. The molecule has 1 aliphatic carbocycles. The van der Waals surface area contributed by atoms with Crippen molar-refractivity contribution in [2.75, 3.05) is 18.8 Å². The lowest BCUT2D eigenvalue weighted by molar-refractivity contribution is -0.136. The Morgan fingerprint density at radius 3 is 2.53 bits per heavy atom. The second kappa shape index (κ2) is 5.19. The van der Waals surface area contributed by atoms with Gasteiger partial charge < -0.3 is 10.6 Å². The molecule has 4 heteroatoms. The van der Waals surface area contributed by atoms with Crippen LogP contribution in [0.2, 0.25) is 0 Å². The van der Waals surface area contributed by atoms with Crippen molar-refractivity contribution in [1.82, 2.24) is 4.90 Å². The van der Waals surface area contributed by atoms with Gasteiger partial charge in [-0.2, -0.15) is 11.8 Å². The highest BCUT2D eigenvalue weighted by molar-refractivity contribution is 8.00. The molecule has 2 N–H and O–H groups in total. The lowest BCUT2D eigenvalue weighted by atomic mass is 9.85. The molecule has 1 aliphatic heterocycles. The molecule has 0 bridgehead atoms. The van der Waals surface area contributed by atoms with Crippen LogP contribution in [-0.4, -0.2) is 40.4 Å². The summed E-state index contributed by atoms with van der Waals surface area (Å²) >= 11 is 1.97. The fourth-order valence-corrected chi connectivity index (χ4v) is 3.94. The standard InChI is InChI=1S/C13H24N2OS/c1-13(2)9-15(7-8-17-13)12(16)10-3-5-11(14)6-4-10/h10-11H,3-9,14H2,1-2H3. The van der Waals surface area contributed by atoms with Gasteiger partial charge in [0.1, 0.15) is 0 Å². The van der Waals surface area contributed by atoms with Gasteiger partial charge in [-0.05, 0) is 39.5 Å². The third kappa shape index (κ3) is 3.38. The molecule has 2 fully saturated rings. The van der Waals surface area contributed by atoms with Gasteiger partial charge in [0.15, 0.2) is 0 Å². The quantitative estimate of drug-likeness (QED) is 0.779. The van der Waals surface area contributed by atoms with Gasteiger partial charge in [-0.1, -0.05) is 0 Å². The maximum Gasteiger partial charge on any atom is 0.225 e. The van der Waals surface area contributed by atoms with Gasteiger partial charge in [0.2, 0.25) is 5.91 Å². The molecule has 0 atom stereocenters. The van der Waals surface area contributed by atoms with Crippen molar-refractivity contribution in [1.29, 1.82) is 0 Å². The minimum absolute atomic E-state index is 0.221. The van der Waals surface area contributed by atoms with Crippen LogP contribution >= 0.6 is 11.8 Å². The summed E-state index contributed by atoms with van der Waals surface area (Å²) in [5.74, 6) is 1.70. The Morgan fingerprint density at radius 1 is 1.29 bits per heavy atom. The molecular weight excluding hydrogens is 232 g/mol. The van der Waals surface area contributed by atoms with Crippen LogP contribution in [0.1, 0.15) is 39.5 Å². The average Bonchev–Trinajstić information content (AvgIpc) is 2.28. The Balaban J connectivity index is 1.91. The predicted molar refractivity (Wildman–Crippen MR) is 73.1 cm³/mol. The van der Waals surface area contributed by atoms with E-state index >= 15 is 0 Å². The van der Waals surface area contributed by atoms with Crippen molar-refractivity contribution < 1.29 is 4.79 Å². The van der Waals surface area contributed by atoms with Crippen LogP contribution < -0.4 is 5.73 Å². The Labute approximate surface area is 108 Å². The zero-order valence-electron chi connectivity index (χ0n) is 10.9. The summed E-state index contributed by atoms with van der Waals surface area (Å²) in [6, 6.07) is 0.326. The number of nitrogens with two attached hydrogens (primary N) is 1. The number of carbonyl (C=O) groups is 1. The highest BCUT2D eigenvalue weighted by atomic mass is 32.2. The van der Waals surface area contributed by atoms with E-state index in [-0.39, 0.29) is 10.7 Å². The maximum atomic E-state index is 12.4. The van der Waals surface area contributed by atoms with E-state index in [1.54, 1.807) is 0 Å². The van der Waals surface area contributed by atoms with Crippen LogP contribution in [0.15, 0.2) is 0 Å². The summed E-state index contributed by atoms with van der Waals surface area (Å²) in [5, 5.41) is 0. The topological polar surface area (TPSA) is 46.3 Å². The van der Waals surface area contributed by atoms with Crippen molar-refractivity contribution in [2.45, 2.75) is 50.3 Å². The molecular formula is C13H24N2OS. The van der Waals surface area contributed by atoms with Crippen molar-refractivity contribution in [3.05, 3.63) is 0 Å². The van der Waals surface area contributed by atoms with E-state index in [0.29, 0.717) is 11.9 Å². The van der Waals surface area contributed by atoms with E-state index < -0.39 is 0 Å². The number of amides is 1. The molecule has 1 amide bonds. The molecule has 0 aromatic heterocycles. The van der Waals surface area contributed by atoms with E-state index in [0.717, 1.165) is 44.5 Å². The summed E-state index contributed by atoms with van der Waals surface area (Å²) in [6.45, 7) is 6.29. The van der Waals surface area contributed by atoms with E-state index in [9.17, 15) is 4.79 Å². The number of hydrogen-bond acceptors (Lipinski definition) is 3. The average molecular weight is 256 g/mol. The van der Waals surface area contributed by atoms with Crippen LogP contribution in [0.4, 0.5) is 0 Å². The van der Waals surface area contributed by atoms with Crippen molar-refractivity contribution in [2.24, 2.45) is 11.7 Å². The monoisotopic (exact) mass is 256 g/mol. The number of hydrogen-bond donors (Lipinski definition) is 1. The minimum atomic E-state index is 0.221. The second-order valence-corrected chi connectivity index (χ2v) is 7.78. The molecule has 0 spiro atoms. The molecule has 2 rings (SSSR count). The van der Waals surface area contributed by atoms with Gasteiger partial charge in [0, 0.05) is 35.5 Å². The van der Waals surface area contributed by atoms with Gasteiger partial charge in [-0.25, -0.2) is 0 Å². The summed E-state index contributed by atoms with van der Waals surface area (Å²) in [7, 11) is 0. The smallest absolute Gasteiger partial charge is 0.225 e. The first-order chi connectivity index (χ1) is 7.98. The van der Waals surface area contributed by atoms with Gasteiger partial charge in [-0.15, -0.1) is 0 Å². The minimum Gasteiger partial charge on any atom is -0.340 e. The lowest BCUT2D eigenvalue weighted by Gasteiger charge is -2.40. The highest BCUT2D eigenvalue weighted by Crippen LogP contribution is 2.32. The molecule has 0 radical (unpaired) electrons. The SMILES string of the molecule is CC1(C)CN(C(=O)C2CCC(N)CC2)CCS1. The molecule has 17 heavy (non-hydrogen) atoms. The Kier molecular flexibility index (Phi) is 4.03. The molecule has 0 aromatic rings. The third-order valence-corrected chi connectivity index (χ3v) is 5.16. The van der Waals surface area contributed by atoms with E-state index in [1.165, 1.54) is 0 Å². The first kappa shape index (κ1) is 13.2. The van der Waals surface area contributed by atoms with Crippen molar-refractivity contribution in [3.63, 3.8) is 0 Å². The van der Waals surface area contributed by atoms with Crippen LogP contribution in [-0.2, 0) is 4.79 Å². The first-order valence-electron chi connectivity index (χ1n) is 6.66. The zero-order chi connectivity index (χ0) is 12.5. The summed E-state index contributed by atoms with van der Waals surface area (Å²) in [6.07, 6.45) is 4.01. The fraction of sp³-hybridized carbons (Fsp3) is 0.923.